The third-order valence-electron chi connectivity index (χ3n) is 3.49. The normalized spacial score (nSPS) is 16.3. The Bertz CT molecular complexity index is 652. The number of carboxylic acid groups (broad SMARTS) is 1. The number of nitrogens with zero attached hydrogens (tertiary/aromatic N) is 2. The Hall–Kier alpha value is -1.86. The summed E-state index contributed by atoms with van der Waals surface area (Å²) in [6.45, 7) is 5.67. The summed E-state index contributed by atoms with van der Waals surface area (Å²) in [5.74, 6) is -1.43. The Morgan fingerprint density at radius 1 is 1.30 bits per heavy atom. The number of amides is 1. The van der Waals surface area contributed by atoms with Gasteiger partial charge in [0.1, 0.15) is 10.9 Å². The van der Waals surface area contributed by atoms with Crippen LogP contribution in [-0.4, -0.2) is 45.8 Å². The molecule has 1 aliphatic heterocycles. The van der Waals surface area contributed by atoms with Gasteiger partial charge in [-0.1, -0.05) is 36.1 Å². The molecular formula is C16H18N2O3S2. The number of hydrogen-bond acceptors (Lipinski definition) is 5. The van der Waals surface area contributed by atoms with Gasteiger partial charge in [0.15, 0.2) is 0 Å². The van der Waals surface area contributed by atoms with Gasteiger partial charge < -0.3 is 10.0 Å². The van der Waals surface area contributed by atoms with Gasteiger partial charge in [-0.25, -0.2) is 0 Å². The first-order valence-electron chi connectivity index (χ1n) is 7.28. The molecule has 1 N–H and O–H groups in total. The molecule has 0 atom stereocenters. The molecule has 1 aromatic rings. The van der Waals surface area contributed by atoms with E-state index in [4.69, 9.17) is 17.3 Å². The summed E-state index contributed by atoms with van der Waals surface area (Å²) in [7, 11) is 0. The lowest BCUT2D eigenvalue weighted by Gasteiger charge is -2.20. The fourth-order valence-corrected chi connectivity index (χ4v) is 3.55. The zero-order valence-electron chi connectivity index (χ0n) is 13.0. The number of carbonyl (C=O) groups is 2. The van der Waals surface area contributed by atoms with Gasteiger partial charge in [0, 0.05) is 18.8 Å². The van der Waals surface area contributed by atoms with Gasteiger partial charge in [0.25, 0.3) is 5.91 Å². The van der Waals surface area contributed by atoms with Crippen LogP contribution in [0.5, 0.6) is 0 Å². The summed E-state index contributed by atoms with van der Waals surface area (Å²) in [4.78, 5) is 26.8. The van der Waals surface area contributed by atoms with E-state index in [2.05, 4.69) is 18.7 Å². The number of thioether (sulfide) groups is 1. The molecule has 0 aliphatic carbocycles. The van der Waals surface area contributed by atoms with E-state index in [9.17, 15) is 9.59 Å². The SMILES string of the molecule is CCN(CC)c1ccc(C=C2SC(=S)N(CC(=O)O)C2=O)cc1. The maximum absolute atomic E-state index is 12.2. The summed E-state index contributed by atoms with van der Waals surface area (Å²) in [5, 5.41) is 8.83. The molecule has 23 heavy (non-hydrogen) atoms. The minimum Gasteiger partial charge on any atom is -0.480 e. The molecule has 0 bridgehead atoms. The van der Waals surface area contributed by atoms with Gasteiger partial charge in [-0.2, -0.15) is 0 Å². The molecule has 1 saturated heterocycles. The first kappa shape index (κ1) is 17.5. The van der Waals surface area contributed by atoms with Gasteiger partial charge in [-0.05, 0) is 37.6 Å². The van der Waals surface area contributed by atoms with Crippen LogP contribution in [0.15, 0.2) is 29.2 Å². The second kappa shape index (κ2) is 7.61. The van der Waals surface area contributed by atoms with E-state index in [0.29, 0.717) is 4.91 Å². The fraction of sp³-hybridized carbons (Fsp3) is 0.312. The van der Waals surface area contributed by atoms with E-state index in [-0.39, 0.29) is 10.2 Å². The molecule has 5 nitrogen and oxygen atoms in total. The molecule has 1 aromatic carbocycles. The van der Waals surface area contributed by atoms with E-state index in [1.54, 1.807) is 6.08 Å². The summed E-state index contributed by atoms with van der Waals surface area (Å²) in [6, 6.07) is 7.91. The van der Waals surface area contributed by atoms with Gasteiger partial charge >= 0.3 is 5.97 Å². The van der Waals surface area contributed by atoms with Crippen molar-refractivity contribution in [3.05, 3.63) is 34.7 Å². The average Bonchev–Trinajstić information content (AvgIpc) is 2.77. The first-order chi connectivity index (χ1) is 11.0. The van der Waals surface area contributed by atoms with Gasteiger partial charge in [-0.15, -0.1) is 0 Å². The van der Waals surface area contributed by atoms with E-state index in [1.807, 2.05) is 24.3 Å². The van der Waals surface area contributed by atoms with Crippen molar-refractivity contribution in [1.29, 1.82) is 0 Å². The molecule has 122 valence electrons. The summed E-state index contributed by atoms with van der Waals surface area (Å²) in [5.41, 5.74) is 2.02. The summed E-state index contributed by atoms with van der Waals surface area (Å²) < 4.78 is 0.281. The number of hydrogen-bond donors (Lipinski definition) is 1. The molecule has 7 heteroatoms. The van der Waals surface area contributed by atoms with Crippen LogP contribution in [-0.2, 0) is 9.59 Å². The van der Waals surface area contributed by atoms with Crippen LogP contribution in [0.3, 0.4) is 0 Å². The van der Waals surface area contributed by atoms with E-state index in [0.717, 1.165) is 41.0 Å². The quantitative estimate of drug-likeness (QED) is 0.629. The zero-order valence-corrected chi connectivity index (χ0v) is 14.6. The first-order valence-corrected chi connectivity index (χ1v) is 8.50. The maximum Gasteiger partial charge on any atom is 0.323 e. The highest BCUT2D eigenvalue weighted by Gasteiger charge is 2.33. The van der Waals surface area contributed by atoms with Crippen LogP contribution in [0, 0.1) is 0 Å². The van der Waals surface area contributed by atoms with E-state index in [1.165, 1.54) is 0 Å². The Morgan fingerprint density at radius 3 is 2.43 bits per heavy atom. The number of aliphatic carboxylic acids is 1. The number of thiocarbonyl (C=S) groups is 1. The third-order valence-corrected chi connectivity index (χ3v) is 4.86. The lowest BCUT2D eigenvalue weighted by molar-refractivity contribution is -0.140. The van der Waals surface area contributed by atoms with Crippen molar-refractivity contribution >= 4 is 51.9 Å². The molecule has 1 fully saturated rings. The van der Waals surface area contributed by atoms with Crippen molar-refractivity contribution in [1.82, 2.24) is 4.90 Å². The molecule has 1 heterocycles. The van der Waals surface area contributed by atoms with Crippen LogP contribution in [0.2, 0.25) is 0 Å². The fourth-order valence-electron chi connectivity index (χ4n) is 2.29. The number of anilines is 1. The van der Waals surface area contributed by atoms with E-state index < -0.39 is 12.5 Å². The van der Waals surface area contributed by atoms with Crippen LogP contribution in [0.4, 0.5) is 5.69 Å². The van der Waals surface area contributed by atoms with Gasteiger partial charge in [0.2, 0.25) is 0 Å². The highest BCUT2D eigenvalue weighted by atomic mass is 32.2. The Balaban J connectivity index is 2.17. The minimum absolute atomic E-state index is 0.281. The Kier molecular flexibility index (Phi) is 5.79. The van der Waals surface area contributed by atoms with E-state index >= 15 is 0 Å². The summed E-state index contributed by atoms with van der Waals surface area (Å²) in [6.07, 6.45) is 1.74. The molecule has 1 aliphatic rings. The van der Waals surface area contributed by atoms with Crippen LogP contribution in [0.1, 0.15) is 19.4 Å². The minimum atomic E-state index is -1.08. The molecule has 0 aromatic heterocycles. The van der Waals surface area contributed by atoms with Crippen molar-refractivity contribution in [2.75, 3.05) is 24.5 Å². The number of carboxylic acids is 1. The van der Waals surface area contributed by atoms with Gasteiger partial charge in [0.05, 0.1) is 4.91 Å². The summed E-state index contributed by atoms with van der Waals surface area (Å²) >= 11 is 6.21. The van der Waals surface area contributed by atoms with Crippen LogP contribution >= 0.6 is 24.0 Å². The van der Waals surface area contributed by atoms with Crippen molar-refractivity contribution < 1.29 is 14.7 Å². The standard InChI is InChI=1S/C16H18N2O3S2/c1-3-17(4-2)12-7-5-11(6-8-12)9-13-15(21)18(10-14(19)20)16(22)23-13/h5-9H,3-4,10H2,1-2H3,(H,19,20). The molecule has 0 unspecified atom stereocenters. The van der Waals surface area contributed by atoms with Crippen molar-refractivity contribution in [2.24, 2.45) is 0 Å². The largest absolute Gasteiger partial charge is 0.480 e. The predicted octanol–water partition coefficient (Wildman–Crippen LogP) is 2.82. The number of rotatable bonds is 6. The highest BCUT2D eigenvalue weighted by molar-refractivity contribution is 8.26. The molecule has 0 spiro atoms. The molecule has 2 rings (SSSR count). The highest BCUT2D eigenvalue weighted by Crippen LogP contribution is 2.32. The average molecular weight is 350 g/mol. The van der Waals surface area contributed by atoms with Crippen molar-refractivity contribution in [3.63, 3.8) is 0 Å². The molecule has 1 amide bonds. The second-order valence-corrected chi connectivity index (χ2v) is 6.60. The molecule has 0 saturated carbocycles. The third kappa shape index (κ3) is 4.11. The van der Waals surface area contributed by atoms with Crippen LogP contribution in [0.25, 0.3) is 6.08 Å². The topological polar surface area (TPSA) is 60.9 Å². The molecule has 0 radical (unpaired) electrons. The monoisotopic (exact) mass is 350 g/mol. The Labute approximate surface area is 145 Å². The second-order valence-electron chi connectivity index (χ2n) is 4.93. The van der Waals surface area contributed by atoms with Crippen molar-refractivity contribution in [3.8, 4) is 0 Å². The zero-order chi connectivity index (χ0) is 17.0. The molecular weight excluding hydrogens is 332 g/mol. The number of carbonyl (C=O) groups excluding carboxylic acids is 1. The smallest absolute Gasteiger partial charge is 0.323 e. The van der Waals surface area contributed by atoms with Crippen molar-refractivity contribution in [2.45, 2.75) is 13.8 Å². The van der Waals surface area contributed by atoms with Gasteiger partial charge in [-0.3, -0.25) is 14.5 Å². The van der Waals surface area contributed by atoms with Crippen LogP contribution < -0.4 is 4.90 Å². The Morgan fingerprint density at radius 2 is 1.91 bits per heavy atom. The lowest BCUT2D eigenvalue weighted by Crippen LogP contribution is -2.33. The maximum atomic E-state index is 12.2. The lowest BCUT2D eigenvalue weighted by atomic mass is 10.1. The predicted molar refractivity (Wildman–Crippen MR) is 97.5 cm³/mol. The number of benzene rings is 1.